The Kier molecular flexibility index (Phi) is 11.6. The third-order valence-corrected chi connectivity index (χ3v) is 24.4. The van der Waals surface area contributed by atoms with E-state index >= 15 is 0 Å². The van der Waals surface area contributed by atoms with Gasteiger partial charge in [-0.15, -0.1) is 0 Å². The Bertz CT molecular complexity index is 484. The van der Waals surface area contributed by atoms with Gasteiger partial charge in [0.05, 0.1) is 0 Å². The van der Waals surface area contributed by atoms with Crippen molar-refractivity contribution in [2.45, 2.75) is 137 Å². The predicted octanol–water partition coefficient (Wildman–Crippen LogP) is 8.44. The molecule has 30 heavy (non-hydrogen) atoms. The number of nitrogens with zero attached hydrogens (tertiary/aromatic N) is 1. The molecule has 1 amide bonds. The van der Waals surface area contributed by atoms with Crippen LogP contribution in [0.5, 0.6) is 0 Å². The van der Waals surface area contributed by atoms with Crippen LogP contribution in [0.15, 0.2) is 0 Å². The Morgan fingerprint density at radius 2 is 1.37 bits per heavy atom. The molecule has 0 unspecified atom stereocenters. The van der Waals surface area contributed by atoms with Gasteiger partial charge in [0.1, 0.15) is 0 Å². The standard InChI is InChI=1S/C14H26NO2.3C4H9.Sn/c1-13(2,3)11-7-9-15(10-8-11)12(16)17-14(4,5)6;3*1-3-4-2;/h9,11H,7-8,10H2,1-6H3;3*1,3-4H2,2H3;/t11-;;;;/m1..../s1. The topological polar surface area (TPSA) is 29.5 Å². The van der Waals surface area contributed by atoms with Crippen LogP contribution >= 0.6 is 0 Å². The molecule has 3 nitrogen and oxygen atoms in total. The number of ether oxygens (including phenoxy) is 1. The van der Waals surface area contributed by atoms with Crippen molar-refractivity contribution in [3.8, 4) is 0 Å². The van der Waals surface area contributed by atoms with Crippen molar-refractivity contribution in [2.75, 3.05) is 6.54 Å². The summed E-state index contributed by atoms with van der Waals surface area (Å²) in [5, 5.41) is 0. The molecule has 0 bridgehead atoms. The SMILES string of the molecule is CCC[CH2][Sn]([CH2]CCC)([CH2]CCC)[C@H]1C[C@@H](C(C)(C)C)CCN1C(=O)OC(C)(C)C. The summed E-state index contributed by atoms with van der Waals surface area (Å²) in [5.74, 6) is 0.710. The molecule has 2 atom stereocenters. The summed E-state index contributed by atoms with van der Waals surface area (Å²) in [6.45, 7) is 21.1. The van der Waals surface area contributed by atoms with Crippen molar-refractivity contribution in [1.82, 2.24) is 4.90 Å². The van der Waals surface area contributed by atoms with Gasteiger partial charge in [-0.2, -0.15) is 0 Å². The molecule has 0 aromatic heterocycles. The van der Waals surface area contributed by atoms with Crippen LogP contribution in [0.4, 0.5) is 4.79 Å². The fraction of sp³-hybridized carbons (Fsp3) is 0.962. The van der Waals surface area contributed by atoms with Crippen molar-refractivity contribution < 1.29 is 9.53 Å². The molecule has 0 saturated carbocycles. The molecular weight excluding hydrogens is 477 g/mol. The molecule has 0 radical (unpaired) electrons. The number of rotatable bonds is 10. The predicted molar refractivity (Wildman–Crippen MR) is 134 cm³/mol. The molecule has 0 aromatic rings. The second-order valence-corrected chi connectivity index (χ2v) is 25.9. The van der Waals surface area contributed by atoms with Crippen LogP contribution in [0.3, 0.4) is 0 Å². The summed E-state index contributed by atoms with van der Waals surface area (Å²) < 4.78 is 10.8. The minimum atomic E-state index is -2.62. The average Bonchev–Trinajstić information content (AvgIpc) is 2.65. The number of hydrogen-bond donors (Lipinski definition) is 0. The number of amides is 1. The third kappa shape index (κ3) is 8.54. The summed E-state index contributed by atoms with van der Waals surface area (Å²) in [4.78, 5) is 15.6. The summed E-state index contributed by atoms with van der Waals surface area (Å²) >= 11 is -2.62. The van der Waals surface area contributed by atoms with Crippen molar-refractivity contribution in [2.24, 2.45) is 11.3 Å². The van der Waals surface area contributed by atoms with E-state index in [0.717, 1.165) is 13.0 Å². The van der Waals surface area contributed by atoms with E-state index in [1.807, 2.05) is 20.8 Å². The van der Waals surface area contributed by atoms with Crippen LogP contribution < -0.4 is 0 Å². The normalized spacial score (nSPS) is 21.0. The molecule has 1 saturated heterocycles. The zero-order valence-electron chi connectivity index (χ0n) is 21.9. The number of carbonyl (C=O) groups is 1. The van der Waals surface area contributed by atoms with Crippen LogP contribution in [0, 0.1) is 11.3 Å². The van der Waals surface area contributed by atoms with Crippen LogP contribution in [0.25, 0.3) is 0 Å². The maximum atomic E-state index is 13.4. The Labute approximate surface area is 193 Å². The molecule has 1 fully saturated rings. The molecule has 0 spiro atoms. The van der Waals surface area contributed by atoms with Crippen LogP contribution in [0.2, 0.25) is 13.3 Å². The fourth-order valence-corrected chi connectivity index (χ4v) is 24.2. The van der Waals surface area contributed by atoms with E-state index < -0.39 is 24.0 Å². The maximum absolute atomic E-state index is 13.4. The number of piperidine rings is 1. The first kappa shape index (κ1) is 28.1. The van der Waals surface area contributed by atoms with Gasteiger partial charge in [-0.3, -0.25) is 0 Å². The van der Waals surface area contributed by atoms with E-state index in [-0.39, 0.29) is 6.09 Å². The van der Waals surface area contributed by atoms with Crippen LogP contribution in [-0.4, -0.2) is 45.6 Å². The van der Waals surface area contributed by atoms with Gasteiger partial charge in [-0.25, -0.2) is 0 Å². The molecule has 4 heteroatoms. The number of unbranched alkanes of at least 4 members (excludes halogenated alkanes) is 3. The minimum absolute atomic E-state index is 0.0366. The monoisotopic (exact) mass is 531 g/mol. The summed E-state index contributed by atoms with van der Waals surface area (Å²) in [6, 6.07) is 0. The first-order valence-corrected chi connectivity index (χ1v) is 20.6. The Hall–Kier alpha value is 0.0687. The van der Waals surface area contributed by atoms with Crippen LogP contribution in [-0.2, 0) is 4.74 Å². The summed E-state index contributed by atoms with van der Waals surface area (Å²) in [7, 11) is 0. The Morgan fingerprint density at radius 3 is 1.73 bits per heavy atom. The quantitative estimate of drug-likeness (QED) is 0.265. The molecule has 0 aliphatic carbocycles. The molecular formula is C26H53NO2Sn. The molecule has 178 valence electrons. The summed E-state index contributed by atoms with van der Waals surface area (Å²) in [6.07, 6.45) is 10.2. The van der Waals surface area contributed by atoms with E-state index in [0.29, 0.717) is 15.4 Å². The first-order valence-electron chi connectivity index (χ1n) is 12.9. The van der Waals surface area contributed by atoms with E-state index in [4.69, 9.17) is 4.74 Å². The van der Waals surface area contributed by atoms with E-state index in [2.05, 4.69) is 46.4 Å². The van der Waals surface area contributed by atoms with Gasteiger partial charge >= 0.3 is 193 Å². The molecule has 1 aliphatic rings. The third-order valence-electron chi connectivity index (χ3n) is 7.25. The zero-order valence-corrected chi connectivity index (χ0v) is 24.8. The Morgan fingerprint density at radius 1 is 0.900 bits per heavy atom. The van der Waals surface area contributed by atoms with Gasteiger partial charge < -0.3 is 0 Å². The first-order chi connectivity index (χ1) is 13.9. The van der Waals surface area contributed by atoms with E-state index in [9.17, 15) is 4.79 Å². The van der Waals surface area contributed by atoms with E-state index in [1.165, 1.54) is 58.3 Å². The van der Waals surface area contributed by atoms with Crippen LogP contribution in [0.1, 0.15) is 114 Å². The Balaban J connectivity index is 3.37. The van der Waals surface area contributed by atoms with E-state index in [1.54, 1.807) is 0 Å². The van der Waals surface area contributed by atoms with Gasteiger partial charge in [-0.1, -0.05) is 0 Å². The second-order valence-electron chi connectivity index (χ2n) is 11.9. The molecule has 0 aromatic carbocycles. The van der Waals surface area contributed by atoms with Gasteiger partial charge in [0, 0.05) is 0 Å². The number of likely N-dealkylation sites (tertiary alicyclic amines) is 1. The fourth-order valence-electron chi connectivity index (χ4n) is 5.33. The van der Waals surface area contributed by atoms with Gasteiger partial charge in [0.2, 0.25) is 0 Å². The number of hydrogen-bond acceptors (Lipinski definition) is 2. The van der Waals surface area contributed by atoms with Crippen molar-refractivity contribution >= 4 is 24.5 Å². The second kappa shape index (κ2) is 12.3. The van der Waals surface area contributed by atoms with Crippen molar-refractivity contribution in [1.29, 1.82) is 0 Å². The van der Waals surface area contributed by atoms with Crippen molar-refractivity contribution in [3.05, 3.63) is 0 Å². The molecule has 0 N–H and O–H groups in total. The van der Waals surface area contributed by atoms with Gasteiger partial charge in [0.25, 0.3) is 0 Å². The average molecular weight is 530 g/mol. The van der Waals surface area contributed by atoms with Crippen molar-refractivity contribution in [3.63, 3.8) is 0 Å². The summed E-state index contributed by atoms with van der Waals surface area (Å²) in [5.41, 5.74) is -0.104. The molecule has 1 aliphatic heterocycles. The van der Waals surface area contributed by atoms with Gasteiger partial charge in [-0.05, 0) is 0 Å². The van der Waals surface area contributed by atoms with Gasteiger partial charge in [0.15, 0.2) is 0 Å². The number of carbonyl (C=O) groups excluding carboxylic acids is 1. The molecule has 1 rings (SSSR count). The molecule has 1 heterocycles. The zero-order chi connectivity index (χ0) is 23.0.